The summed E-state index contributed by atoms with van der Waals surface area (Å²) in [4.78, 5) is 0. The molecule has 0 saturated carbocycles. The maximum atomic E-state index is 5.77. The summed E-state index contributed by atoms with van der Waals surface area (Å²) in [6.45, 7) is 10.5. The van der Waals surface area contributed by atoms with Crippen molar-refractivity contribution >= 4 is 31.9 Å². The monoisotopic (exact) mass is 391 g/mol. The maximum Gasteiger partial charge on any atom is 0.148 e. The van der Waals surface area contributed by atoms with E-state index in [1.807, 2.05) is 13.8 Å². The van der Waals surface area contributed by atoms with Gasteiger partial charge in [0.1, 0.15) is 5.75 Å². The highest BCUT2D eigenvalue weighted by atomic mass is 79.9. The number of ether oxygens (including phenoxy) is 1. The van der Waals surface area contributed by atoms with Crippen LogP contribution in [-0.4, -0.2) is 12.6 Å². The van der Waals surface area contributed by atoms with Gasteiger partial charge in [0.05, 0.1) is 15.0 Å². The molecule has 0 atom stereocenters. The summed E-state index contributed by atoms with van der Waals surface area (Å²) in [5.74, 6) is 1.62. The Hall–Kier alpha value is -0.0600. The van der Waals surface area contributed by atoms with Crippen molar-refractivity contribution in [3.05, 3.63) is 26.6 Å². The lowest BCUT2D eigenvalue weighted by Crippen LogP contribution is -2.16. The second kappa shape index (κ2) is 8.28. The van der Waals surface area contributed by atoms with Gasteiger partial charge in [0.2, 0.25) is 0 Å². The highest BCUT2D eigenvalue weighted by molar-refractivity contribution is 9.11. The Morgan fingerprint density at radius 3 is 2.16 bits per heavy atom. The standard InChI is InChI=1S/C15H23Br2NO/c1-10(2)5-6-18-9-12-7-13(16)15(14(17)8-12)19-11(3)4/h7-8,10-11,18H,5-6,9H2,1-4H3. The van der Waals surface area contributed by atoms with Crippen LogP contribution in [0.3, 0.4) is 0 Å². The third kappa shape index (κ3) is 6.28. The molecule has 0 amide bonds. The molecule has 0 radical (unpaired) electrons. The molecule has 1 aromatic carbocycles. The van der Waals surface area contributed by atoms with E-state index >= 15 is 0 Å². The van der Waals surface area contributed by atoms with E-state index in [4.69, 9.17) is 4.74 Å². The Balaban J connectivity index is 2.62. The minimum absolute atomic E-state index is 0.169. The Labute approximate surface area is 133 Å². The lowest BCUT2D eigenvalue weighted by molar-refractivity contribution is 0.239. The molecule has 4 heteroatoms. The molecule has 2 nitrogen and oxygen atoms in total. The third-order valence-corrected chi connectivity index (χ3v) is 3.82. The smallest absolute Gasteiger partial charge is 0.148 e. The van der Waals surface area contributed by atoms with Crippen LogP contribution in [0, 0.1) is 5.92 Å². The van der Waals surface area contributed by atoms with Crippen LogP contribution in [0.5, 0.6) is 5.75 Å². The first-order valence-corrected chi connectivity index (χ1v) is 8.34. The Kier molecular flexibility index (Phi) is 7.40. The molecule has 19 heavy (non-hydrogen) atoms. The topological polar surface area (TPSA) is 21.3 Å². The summed E-state index contributed by atoms with van der Waals surface area (Å²) >= 11 is 7.15. The van der Waals surface area contributed by atoms with E-state index in [9.17, 15) is 0 Å². The van der Waals surface area contributed by atoms with Crippen LogP contribution >= 0.6 is 31.9 Å². The number of rotatable bonds is 7. The van der Waals surface area contributed by atoms with Gasteiger partial charge in [-0.25, -0.2) is 0 Å². The van der Waals surface area contributed by atoms with Gasteiger partial charge in [0, 0.05) is 6.54 Å². The number of nitrogens with one attached hydrogen (secondary N) is 1. The summed E-state index contributed by atoms with van der Waals surface area (Å²) in [7, 11) is 0. The molecule has 1 N–H and O–H groups in total. The largest absolute Gasteiger partial charge is 0.489 e. The first-order valence-electron chi connectivity index (χ1n) is 6.75. The van der Waals surface area contributed by atoms with Gasteiger partial charge >= 0.3 is 0 Å². The van der Waals surface area contributed by atoms with Crippen LogP contribution in [-0.2, 0) is 6.54 Å². The molecule has 0 unspecified atom stereocenters. The van der Waals surface area contributed by atoms with Crippen molar-refractivity contribution in [1.82, 2.24) is 5.32 Å². The first-order chi connectivity index (χ1) is 8.90. The lowest BCUT2D eigenvalue weighted by atomic mass is 10.1. The molecule has 0 heterocycles. The maximum absolute atomic E-state index is 5.77. The summed E-state index contributed by atoms with van der Waals surface area (Å²) in [6.07, 6.45) is 1.37. The zero-order valence-electron chi connectivity index (χ0n) is 12.1. The highest BCUT2D eigenvalue weighted by Gasteiger charge is 2.10. The van der Waals surface area contributed by atoms with Crippen LogP contribution in [0.15, 0.2) is 21.1 Å². The van der Waals surface area contributed by atoms with Crippen molar-refractivity contribution in [2.75, 3.05) is 6.54 Å². The summed E-state index contributed by atoms with van der Waals surface area (Å²) in [5.41, 5.74) is 1.25. The minimum atomic E-state index is 0.169. The fourth-order valence-electron chi connectivity index (χ4n) is 1.69. The number of halogens is 2. The fourth-order valence-corrected chi connectivity index (χ4v) is 3.15. The van der Waals surface area contributed by atoms with Crippen molar-refractivity contribution in [2.45, 2.75) is 46.8 Å². The molecule has 0 spiro atoms. The van der Waals surface area contributed by atoms with Crippen LogP contribution in [0.1, 0.15) is 39.7 Å². The van der Waals surface area contributed by atoms with E-state index in [1.54, 1.807) is 0 Å². The van der Waals surface area contributed by atoms with E-state index < -0.39 is 0 Å². The van der Waals surface area contributed by atoms with Crippen molar-refractivity contribution in [3.8, 4) is 5.75 Å². The average molecular weight is 393 g/mol. The summed E-state index contributed by atoms with van der Waals surface area (Å²) < 4.78 is 7.77. The Morgan fingerprint density at radius 1 is 1.11 bits per heavy atom. The van der Waals surface area contributed by atoms with Crippen LogP contribution in [0.4, 0.5) is 0 Å². The SMILES string of the molecule is CC(C)CCNCc1cc(Br)c(OC(C)C)c(Br)c1. The molecule has 1 aromatic rings. The number of hydrogen-bond acceptors (Lipinski definition) is 2. The lowest BCUT2D eigenvalue weighted by Gasteiger charge is -2.15. The first kappa shape index (κ1) is 17.0. The predicted octanol–water partition coefficient (Wildman–Crippen LogP) is 5.13. The molecular formula is C15H23Br2NO. The van der Waals surface area contributed by atoms with Crippen molar-refractivity contribution < 1.29 is 4.74 Å². The molecule has 0 aliphatic heterocycles. The molecule has 108 valence electrons. The normalized spacial score (nSPS) is 11.4. The van der Waals surface area contributed by atoms with Gasteiger partial charge in [-0.3, -0.25) is 0 Å². The highest BCUT2D eigenvalue weighted by Crippen LogP contribution is 2.35. The van der Waals surface area contributed by atoms with E-state index in [0.29, 0.717) is 0 Å². The number of benzene rings is 1. The van der Waals surface area contributed by atoms with Crippen molar-refractivity contribution in [2.24, 2.45) is 5.92 Å². The fraction of sp³-hybridized carbons (Fsp3) is 0.600. The molecule has 0 aliphatic rings. The second-order valence-electron chi connectivity index (χ2n) is 5.41. The van der Waals surface area contributed by atoms with Crippen molar-refractivity contribution in [1.29, 1.82) is 0 Å². The molecule has 0 saturated heterocycles. The van der Waals surface area contributed by atoms with E-state index in [2.05, 4.69) is 63.2 Å². The molecule has 0 aliphatic carbocycles. The van der Waals surface area contributed by atoms with Gasteiger partial charge in [-0.05, 0) is 82.3 Å². The van der Waals surface area contributed by atoms with Gasteiger partial charge in [-0.15, -0.1) is 0 Å². The van der Waals surface area contributed by atoms with Crippen LogP contribution in [0.2, 0.25) is 0 Å². The van der Waals surface area contributed by atoms with E-state index in [1.165, 1.54) is 12.0 Å². The van der Waals surface area contributed by atoms with E-state index in [0.717, 1.165) is 33.7 Å². The van der Waals surface area contributed by atoms with Gasteiger partial charge in [-0.1, -0.05) is 13.8 Å². The van der Waals surface area contributed by atoms with Gasteiger partial charge in [-0.2, -0.15) is 0 Å². The van der Waals surface area contributed by atoms with Crippen molar-refractivity contribution in [3.63, 3.8) is 0 Å². The Bertz CT molecular complexity index is 382. The summed E-state index contributed by atoms with van der Waals surface area (Å²) in [5, 5.41) is 3.47. The Morgan fingerprint density at radius 2 is 1.68 bits per heavy atom. The number of hydrogen-bond donors (Lipinski definition) is 1. The molecular weight excluding hydrogens is 370 g/mol. The average Bonchev–Trinajstić information content (AvgIpc) is 2.29. The van der Waals surface area contributed by atoms with Crippen LogP contribution in [0.25, 0.3) is 0 Å². The third-order valence-electron chi connectivity index (χ3n) is 2.64. The summed E-state index contributed by atoms with van der Waals surface area (Å²) in [6, 6.07) is 4.23. The van der Waals surface area contributed by atoms with Gasteiger partial charge in [0.25, 0.3) is 0 Å². The van der Waals surface area contributed by atoms with Crippen LogP contribution < -0.4 is 10.1 Å². The zero-order chi connectivity index (χ0) is 14.4. The quantitative estimate of drug-likeness (QED) is 0.649. The molecule has 0 bridgehead atoms. The molecule has 0 fully saturated rings. The van der Waals surface area contributed by atoms with Gasteiger partial charge in [0.15, 0.2) is 0 Å². The van der Waals surface area contributed by atoms with E-state index in [-0.39, 0.29) is 6.10 Å². The molecule has 1 rings (SSSR count). The second-order valence-corrected chi connectivity index (χ2v) is 7.12. The minimum Gasteiger partial charge on any atom is -0.489 e. The predicted molar refractivity (Wildman–Crippen MR) is 88.8 cm³/mol. The van der Waals surface area contributed by atoms with Gasteiger partial charge < -0.3 is 10.1 Å². The molecule has 0 aromatic heterocycles. The zero-order valence-corrected chi connectivity index (χ0v) is 15.3.